The number of nitrogens with zero attached hydrogens (tertiary/aromatic N) is 2. The summed E-state index contributed by atoms with van der Waals surface area (Å²) in [5.41, 5.74) is 1.65. The summed E-state index contributed by atoms with van der Waals surface area (Å²) in [4.78, 5) is 6.68. The summed E-state index contributed by atoms with van der Waals surface area (Å²) in [5, 5.41) is 22.6. The van der Waals surface area contributed by atoms with Gasteiger partial charge in [0.15, 0.2) is 0 Å². The molecule has 5 nitrogen and oxygen atoms in total. The fraction of sp³-hybridized carbons (Fsp3) is 0.688. The Kier molecular flexibility index (Phi) is 5.96. The van der Waals surface area contributed by atoms with Crippen LogP contribution in [0.3, 0.4) is 0 Å². The first kappa shape index (κ1) is 16.2. The number of hydrogen-bond donors (Lipinski definition) is 3. The summed E-state index contributed by atoms with van der Waals surface area (Å²) in [5.74, 6) is 0.932. The molecule has 1 aliphatic rings. The third kappa shape index (κ3) is 5.26. The van der Waals surface area contributed by atoms with Crippen LogP contribution in [0.2, 0.25) is 0 Å². The van der Waals surface area contributed by atoms with E-state index in [4.69, 9.17) is 0 Å². The second-order valence-electron chi connectivity index (χ2n) is 6.14. The van der Waals surface area contributed by atoms with Crippen molar-refractivity contribution in [2.24, 2.45) is 5.92 Å². The van der Waals surface area contributed by atoms with Crippen molar-refractivity contribution < 1.29 is 10.2 Å². The molecule has 0 amide bonds. The number of aliphatic hydroxyl groups excluding tert-OH is 1. The minimum absolute atomic E-state index is 0.241. The molecular formula is C16H27N3O2. The highest BCUT2D eigenvalue weighted by Gasteiger charge is 2.19. The maximum Gasteiger partial charge on any atom is 0.138 e. The molecule has 1 aromatic heterocycles. The fourth-order valence-corrected chi connectivity index (χ4v) is 2.87. The van der Waals surface area contributed by atoms with E-state index in [-0.39, 0.29) is 11.9 Å². The molecular weight excluding hydrogens is 266 g/mol. The molecule has 0 radical (unpaired) electrons. The van der Waals surface area contributed by atoms with E-state index in [0.717, 1.165) is 50.4 Å². The lowest BCUT2D eigenvalue weighted by molar-refractivity contribution is 0.0998. The molecule has 1 atom stereocenters. The number of aryl methyl sites for hydroxylation is 1. The van der Waals surface area contributed by atoms with E-state index in [2.05, 4.69) is 15.2 Å². The lowest BCUT2D eigenvalue weighted by atomic mass is 9.96. The second kappa shape index (κ2) is 7.73. The molecule has 0 unspecified atom stereocenters. The normalized spacial score (nSPS) is 18.8. The Labute approximate surface area is 127 Å². The van der Waals surface area contributed by atoms with Crippen molar-refractivity contribution in [3.8, 4) is 5.75 Å². The van der Waals surface area contributed by atoms with Gasteiger partial charge in [0.05, 0.1) is 11.8 Å². The van der Waals surface area contributed by atoms with Crippen molar-refractivity contribution in [2.75, 3.05) is 26.2 Å². The van der Waals surface area contributed by atoms with Crippen molar-refractivity contribution in [1.29, 1.82) is 0 Å². The highest BCUT2D eigenvalue weighted by Crippen LogP contribution is 2.18. The number of aromatic hydroxyl groups is 1. The molecule has 5 heteroatoms. The molecule has 0 aliphatic carbocycles. The largest absolute Gasteiger partial charge is 0.506 e. The van der Waals surface area contributed by atoms with Crippen LogP contribution >= 0.6 is 0 Å². The van der Waals surface area contributed by atoms with Gasteiger partial charge in [-0.05, 0) is 64.4 Å². The molecule has 0 aromatic carbocycles. The predicted octanol–water partition coefficient (Wildman–Crippen LogP) is 1.28. The van der Waals surface area contributed by atoms with Crippen LogP contribution < -0.4 is 5.32 Å². The molecule has 1 aliphatic heterocycles. The lowest BCUT2D eigenvalue weighted by Crippen LogP contribution is -2.40. The molecule has 3 N–H and O–H groups in total. The number of β-amino-alcohol motifs (C(OH)–C–C–N with tert-alkyl or cyclic N) is 1. The van der Waals surface area contributed by atoms with Crippen LogP contribution in [-0.2, 0) is 6.54 Å². The number of rotatable bonds is 6. The number of nitrogens with one attached hydrogen (secondary N) is 1. The average molecular weight is 293 g/mol. The zero-order chi connectivity index (χ0) is 15.2. The summed E-state index contributed by atoms with van der Waals surface area (Å²) in [7, 11) is 0. The Balaban J connectivity index is 1.69. The van der Waals surface area contributed by atoms with Crippen LogP contribution in [0, 0.1) is 12.8 Å². The van der Waals surface area contributed by atoms with E-state index in [9.17, 15) is 10.2 Å². The predicted molar refractivity (Wildman–Crippen MR) is 83.2 cm³/mol. The average Bonchev–Trinajstić information content (AvgIpc) is 2.44. The van der Waals surface area contributed by atoms with Gasteiger partial charge in [-0.3, -0.25) is 4.98 Å². The Morgan fingerprint density at radius 1 is 1.38 bits per heavy atom. The summed E-state index contributed by atoms with van der Waals surface area (Å²) in [6.07, 6.45) is 2.08. The molecule has 118 valence electrons. The molecule has 1 saturated heterocycles. The van der Waals surface area contributed by atoms with E-state index in [0.29, 0.717) is 12.5 Å². The van der Waals surface area contributed by atoms with Gasteiger partial charge in [0.2, 0.25) is 0 Å². The zero-order valence-electron chi connectivity index (χ0n) is 13.0. The van der Waals surface area contributed by atoms with Crippen molar-refractivity contribution in [1.82, 2.24) is 15.2 Å². The smallest absolute Gasteiger partial charge is 0.138 e. The number of hydrogen-bond acceptors (Lipinski definition) is 5. The highest BCUT2D eigenvalue weighted by molar-refractivity contribution is 5.27. The van der Waals surface area contributed by atoms with Crippen molar-refractivity contribution in [2.45, 2.75) is 39.3 Å². The lowest BCUT2D eigenvalue weighted by Gasteiger charge is -2.32. The summed E-state index contributed by atoms with van der Waals surface area (Å²) in [6, 6.07) is 3.52. The van der Waals surface area contributed by atoms with Crippen molar-refractivity contribution >= 4 is 0 Å². The number of pyridine rings is 1. The SMILES string of the molecule is Cc1ccc(O)c(CNCC2CCN(C[C@H](C)O)CC2)n1. The van der Waals surface area contributed by atoms with Crippen LogP contribution in [0.15, 0.2) is 12.1 Å². The van der Waals surface area contributed by atoms with Crippen LogP contribution in [0.25, 0.3) is 0 Å². The number of aromatic nitrogens is 1. The third-order valence-corrected chi connectivity index (χ3v) is 4.04. The van der Waals surface area contributed by atoms with E-state index in [1.807, 2.05) is 19.9 Å². The van der Waals surface area contributed by atoms with E-state index in [1.54, 1.807) is 6.07 Å². The Morgan fingerprint density at radius 2 is 2.10 bits per heavy atom. The van der Waals surface area contributed by atoms with Gasteiger partial charge >= 0.3 is 0 Å². The van der Waals surface area contributed by atoms with Gasteiger partial charge in [-0.25, -0.2) is 0 Å². The highest BCUT2D eigenvalue weighted by atomic mass is 16.3. The van der Waals surface area contributed by atoms with E-state index < -0.39 is 0 Å². The van der Waals surface area contributed by atoms with Gasteiger partial charge in [-0.2, -0.15) is 0 Å². The molecule has 0 saturated carbocycles. The topological polar surface area (TPSA) is 68.6 Å². The van der Waals surface area contributed by atoms with Gasteiger partial charge in [-0.1, -0.05) is 0 Å². The summed E-state index contributed by atoms with van der Waals surface area (Å²) < 4.78 is 0. The number of piperidine rings is 1. The first-order valence-corrected chi connectivity index (χ1v) is 7.81. The molecule has 21 heavy (non-hydrogen) atoms. The molecule has 0 bridgehead atoms. The Hall–Kier alpha value is -1.17. The van der Waals surface area contributed by atoms with E-state index in [1.165, 1.54) is 0 Å². The van der Waals surface area contributed by atoms with Crippen LogP contribution in [0.5, 0.6) is 5.75 Å². The second-order valence-corrected chi connectivity index (χ2v) is 6.14. The van der Waals surface area contributed by atoms with Gasteiger partial charge in [0.1, 0.15) is 5.75 Å². The zero-order valence-corrected chi connectivity index (χ0v) is 13.0. The molecule has 2 rings (SSSR count). The number of aliphatic hydroxyl groups is 1. The first-order chi connectivity index (χ1) is 10.0. The molecule has 2 heterocycles. The standard InChI is InChI=1S/C16H27N3O2/c1-12-3-4-16(21)15(18-12)10-17-9-14-5-7-19(8-6-14)11-13(2)20/h3-4,13-14,17,20-21H,5-11H2,1-2H3/t13-/m0/s1. The quantitative estimate of drug-likeness (QED) is 0.737. The van der Waals surface area contributed by atoms with Crippen molar-refractivity contribution in [3.05, 3.63) is 23.5 Å². The van der Waals surface area contributed by atoms with Gasteiger partial charge in [-0.15, -0.1) is 0 Å². The van der Waals surface area contributed by atoms with Crippen molar-refractivity contribution in [3.63, 3.8) is 0 Å². The minimum Gasteiger partial charge on any atom is -0.506 e. The van der Waals surface area contributed by atoms with Crippen LogP contribution in [-0.4, -0.2) is 52.4 Å². The van der Waals surface area contributed by atoms with Gasteiger partial charge < -0.3 is 20.4 Å². The summed E-state index contributed by atoms with van der Waals surface area (Å²) >= 11 is 0. The maximum absolute atomic E-state index is 9.76. The molecule has 1 aromatic rings. The van der Waals surface area contributed by atoms with Gasteiger partial charge in [0.25, 0.3) is 0 Å². The Morgan fingerprint density at radius 3 is 2.76 bits per heavy atom. The van der Waals surface area contributed by atoms with Crippen LogP contribution in [0.4, 0.5) is 0 Å². The first-order valence-electron chi connectivity index (χ1n) is 7.81. The number of likely N-dealkylation sites (tertiary alicyclic amines) is 1. The molecule has 0 spiro atoms. The van der Waals surface area contributed by atoms with Crippen LogP contribution in [0.1, 0.15) is 31.2 Å². The fourth-order valence-electron chi connectivity index (χ4n) is 2.87. The third-order valence-electron chi connectivity index (χ3n) is 4.04. The van der Waals surface area contributed by atoms with E-state index >= 15 is 0 Å². The Bertz CT molecular complexity index is 443. The molecule has 1 fully saturated rings. The van der Waals surface area contributed by atoms with Gasteiger partial charge in [0, 0.05) is 18.8 Å². The minimum atomic E-state index is -0.241. The monoisotopic (exact) mass is 293 g/mol. The summed E-state index contributed by atoms with van der Waals surface area (Å²) in [6.45, 7) is 8.24. The maximum atomic E-state index is 9.76.